The van der Waals surface area contributed by atoms with Crippen molar-refractivity contribution in [2.75, 3.05) is 20.1 Å². The molecule has 1 unspecified atom stereocenters. The number of para-hydroxylation sites is 1. The van der Waals surface area contributed by atoms with Gasteiger partial charge in [-0.05, 0) is 37.1 Å². The lowest BCUT2D eigenvalue weighted by Crippen LogP contribution is -2.48. The van der Waals surface area contributed by atoms with Gasteiger partial charge in [-0.15, -0.1) is 0 Å². The number of likely N-dealkylation sites (N-methyl/N-ethyl adjacent to an activating group) is 1. The summed E-state index contributed by atoms with van der Waals surface area (Å²) in [5.74, 6) is -0.900. The first-order chi connectivity index (χ1) is 15.6. The first kappa shape index (κ1) is 21.2. The number of nitrogens with one attached hydrogen (secondary N) is 2. The average Bonchev–Trinajstić information content (AvgIpc) is 3.51. The molecule has 164 valence electrons. The highest BCUT2D eigenvalue weighted by Crippen LogP contribution is 2.23. The summed E-state index contributed by atoms with van der Waals surface area (Å²) in [6.45, 7) is 0.301. The molecular weight excluding hydrogens is 408 g/mol. The molecule has 1 aromatic carbocycles. The van der Waals surface area contributed by atoms with Crippen molar-refractivity contribution in [3.8, 4) is 16.9 Å². The van der Waals surface area contributed by atoms with Crippen molar-refractivity contribution in [1.29, 1.82) is 0 Å². The number of hydrogen-bond acceptors (Lipinski definition) is 5. The summed E-state index contributed by atoms with van der Waals surface area (Å²) < 4.78 is 1.63. The number of carbonyl (C=O) groups excluding carboxylic acids is 3. The minimum atomic E-state index is -0.490. The van der Waals surface area contributed by atoms with Gasteiger partial charge < -0.3 is 15.5 Å². The first-order valence-electron chi connectivity index (χ1n) is 10.4. The first-order valence-corrected chi connectivity index (χ1v) is 10.4. The van der Waals surface area contributed by atoms with Crippen molar-refractivity contribution in [3.63, 3.8) is 0 Å². The van der Waals surface area contributed by atoms with Gasteiger partial charge in [0, 0.05) is 37.7 Å². The van der Waals surface area contributed by atoms with Gasteiger partial charge in [-0.2, -0.15) is 5.10 Å². The molecule has 32 heavy (non-hydrogen) atoms. The Balaban J connectivity index is 1.54. The van der Waals surface area contributed by atoms with Crippen molar-refractivity contribution in [1.82, 2.24) is 30.3 Å². The molecule has 2 N–H and O–H groups in total. The molecule has 4 rings (SSSR count). The second kappa shape index (κ2) is 9.42. The van der Waals surface area contributed by atoms with Crippen molar-refractivity contribution in [2.45, 2.75) is 18.9 Å². The Morgan fingerprint density at radius 2 is 1.94 bits per heavy atom. The van der Waals surface area contributed by atoms with Crippen LogP contribution in [0.25, 0.3) is 16.9 Å². The number of carbonyl (C=O) groups is 3. The largest absolute Gasteiger partial charge is 0.357 e. The third-order valence-corrected chi connectivity index (χ3v) is 5.44. The Morgan fingerprint density at radius 1 is 1.12 bits per heavy atom. The van der Waals surface area contributed by atoms with Crippen molar-refractivity contribution < 1.29 is 14.4 Å². The van der Waals surface area contributed by atoms with Gasteiger partial charge in [0.05, 0.1) is 17.8 Å². The summed E-state index contributed by atoms with van der Waals surface area (Å²) in [6, 6.07) is 12.6. The minimum absolute atomic E-state index is 0.190. The second-order valence-electron chi connectivity index (χ2n) is 7.46. The van der Waals surface area contributed by atoms with Crippen LogP contribution in [0.2, 0.25) is 0 Å². The minimum Gasteiger partial charge on any atom is -0.357 e. The van der Waals surface area contributed by atoms with Crippen molar-refractivity contribution in [2.24, 2.45) is 0 Å². The molecule has 9 heteroatoms. The van der Waals surface area contributed by atoms with E-state index in [2.05, 4.69) is 20.7 Å². The van der Waals surface area contributed by atoms with Crippen molar-refractivity contribution in [3.05, 3.63) is 66.6 Å². The summed E-state index contributed by atoms with van der Waals surface area (Å²) in [7, 11) is 1.55. The quantitative estimate of drug-likeness (QED) is 0.612. The summed E-state index contributed by atoms with van der Waals surface area (Å²) in [4.78, 5) is 43.4. The maximum Gasteiger partial charge on any atom is 0.255 e. The molecule has 3 heterocycles. The fraction of sp³-hybridized carbons (Fsp3) is 0.261. The smallest absolute Gasteiger partial charge is 0.255 e. The molecule has 0 bridgehead atoms. The summed E-state index contributed by atoms with van der Waals surface area (Å²) in [5.41, 5.74) is 2.30. The molecule has 3 aromatic rings. The zero-order valence-electron chi connectivity index (χ0n) is 17.7. The Bertz CT molecular complexity index is 1110. The van der Waals surface area contributed by atoms with Gasteiger partial charge in [-0.1, -0.05) is 18.2 Å². The fourth-order valence-corrected chi connectivity index (χ4v) is 3.83. The highest BCUT2D eigenvalue weighted by molar-refractivity contribution is 6.01. The molecule has 0 saturated carbocycles. The molecule has 1 atom stereocenters. The molecule has 1 aliphatic rings. The van der Waals surface area contributed by atoms with Crippen LogP contribution in [0.4, 0.5) is 0 Å². The SMILES string of the molecule is CNC(=O)C1CCCN1C(=O)CNC(=O)c1cn(-c2ccccc2)nc1-c1cccnc1. The Kier molecular flexibility index (Phi) is 6.25. The maximum absolute atomic E-state index is 13.0. The van der Waals surface area contributed by atoms with Crippen LogP contribution < -0.4 is 10.6 Å². The van der Waals surface area contributed by atoms with Crippen LogP contribution in [0.1, 0.15) is 23.2 Å². The van der Waals surface area contributed by atoms with Gasteiger partial charge in [-0.3, -0.25) is 19.4 Å². The molecule has 0 aliphatic carbocycles. The summed E-state index contributed by atoms with van der Waals surface area (Å²) in [5, 5.41) is 9.87. The van der Waals surface area contributed by atoms with Crippen LogP contribution in [0.5, 0.6) is 0 Å². The fourth-order valence-electron chi connectivity index (χ4n) is 3.83. The van der Waals surface area contributed by atoms with E-state index in [1.165, 1.54) is 4.90 Å². The Morgan fingerprint density at radius 3 is 2.66 bits per heavy atom. The molecule has 1 fully saturated rings. The Labute approximate surface area is 185 Å². The highest BCUT2D eigenvalue weighted by atomic mass is 16.2. The van der Waals surface area contributed by atoms with E-state index in [-0.39, 0.29) is 18.4 Å². The average molecular weight is 432 g/mol. The van der Waals surface area contributed by atoms with Gasteiger partial charge in [0.15, 0.2) is 0 Å². The van der Waals surface area contributed by atoms with E-state index in [4.69, 9.17) is 0 Å². The molecule has 3 amide bonds. The third kappa shape index (κ3) is 4.36. The number of benzene rings is 1. The number of nitrogens with zero attached hydrogens (tertiary/aromatic N) is 4. The molecule has 1 aliphatic heterocycles. The molecule has 2 aromatic heterocycles. The van der Waals surface area contributed by atoms with Gasteiger partial charge in [0.2, 0.25) is 11.8 Å². The predicted molar refractivity (Wildman–Crippen MR) is 118 cm³/mol. The van der Waals surface area contributed by atoms with E-state index in [1.807, 2.05) is 36.4 Å². The summed E-state index contributed by atoms with van der Waals surface area (Å²) >= 11 is 0. The number of amides is 3. The molecular formula is C23H24N6O3. The standard InChI is InChI=1S/C23H24N6O3/c1-24-23(32)19-10-6-12-28(19)20(30)14-26-22(31)18-15-29(17-8-3-2-4-9-17)27-21(18)16-7-5-11-25-13-16/h2-5,7-9,11,13,15,19H,6,10,12,14H2,1H3,(H,24,32)(H,26,31). The number of hydrogen-bond donors (Lipinski definition) is 2. The second-order valence-corrected chi connectivity index (χ2v) is 7.46. The molecule has 0 spiro atoms. The van der Waals surface area contributed by atoms with E-state index in [0.29, 0.717) is 29.8 Å². The van der Waals surface area contributed by atoms with E-state index in [9.17, 15) is 14.4 Å². The van der Waals surface area contributed by atoms with Crippen LogP contribution in [-0.2, 0) is 9.59 Å². The number of rotatable bonds is 6. The van der Waals surface area contributed by atoms with Crippen LogP contribution in [0.15, 0.2) is 61.1 Å². The molecule has 1 saturated heterocycles. The monoisotopic (exact) mass is 432 g/mol. The third-order valence-electron chi connectivity index (χ3n) is 5.44. The van der Waals surface area contributed by atoms with E-state index in [0.717, 1.165) is 12.1 Å². The topological polar surface area (TPSA) is 109 Å². The lowest BCUT2D eigenvalue weighted by molar-refractivity contribution is -0.137. The molecule has 9 nitrogen and oxygen atoms in total. The van der Waals surface area contributed by atoms with Gasteiger partial charge >= 0.3 is 0 Å². The van der Waals surface area contributed by atoms with Crippen LogP contribution in [-0.4, -0.2) is 63.6 Å². The zero-order valence-corrected chi connectivity index (χ0v) is 17.7. The highest BCUT2D eigenvalue weighted by Gasteiger charge is 2.33. The van der Waals surface area contributed by atoms with Crippen LogP contribution in [0.3, 0.4) is 0 Å². The van der Waals surface area contributed by atoms with Gasteiger partial charge in [0.1, 0.15) is 11.7 Å². The maximum atomic E-state index is 13.0. The van der Waals surface area contributed by atoms with E-state index in [1.54, 1.807) is 36.4 Å². The van der Waals surface area contributed by atoms with Gasteiger partial charge in [-0.25, -0.2) is 4.68 Å². The number of pyridine rings is 1. The Hall–Kier alpha value is -4.01. The van der Waals surface area contributed by atoms with E-state index >= 15 is 0 Å². The zero-order chi connectivity index (χ0) is 22.5. The molecule has 0 radical (unpaired) electrons. The number of likely N-dealkylation sites (tertiary alicyclic amines) is 1. The van der Waals surface area contributed by atoms with Crippen LogP contribution in [0, 0.1) is 0 Å². The normalized spacial score (nSPS) is 15.4. The lowest BCUT2D eigenvalue weighted by atomic mass is 10.1. The van der Waals surface area contributed by atoms with E-state index < -0.39 is 11.9 Å². The lowest BCUT2D eigenvalue weighted by Gasteiger charge is -2.23. The number of aromatic nitrogens is 3. The van der Waals surface area contributed by atoms with Crippen LogP contribution >= 0.6 is 0 Å². The van der Waals surface area contributed by atoms with Gasteiger partial charge in [0.25, 0.3) is 5.91 Å². The summed E-state index contributed by atoms with van der Waals surface area (Å²) in [6.07, 6.45) is 6.30. The predicted octanol–water partition coefficient (Wildman–Crippen LogP) is 1.40. The van der Waals surface area contributed by atoms with Crippen molar-refractivity contribution >= 4 is 17.7 Å².